The normalized spacial score (nSPS) is 16.3. The zero-order valence-corrected chi connectivity index (χ0v) is 7.81. The van der Waals surface area contributed by atoms with E-state index in [2.05, 4.69) is 0 Å². The van der Waals surface area contributed by atoms with Gasteiger partial charge in [-0.25, -0.2) is 8.78 Å². The Bertz CT molecular complexity index is 377. The smallest absolute Gasteiger partial charge is 0.137 e. The van der Waals surface area contributed by atoms with Gasteiger partial charge in [-0.05, 0) is 6.92 Å². The molecule has 0 spiro atoms. The van der Waals surface area contributed by atoms with Gasteiger partial charge in [0.25, 0.3) is 0 Å². The Hall–Kier alpha value is -1.16. The summed E-state index contributed by atoms with van der Waals surface area (Å²) in [6.07, 6.45) is 0.487. The average Bonchev–Trinajstić information content (AvgIpc) is 2.50. The summed E-state index contributed by atoms with van der Waals surface area (Å²) in [5.74, 6) is -0.866. The molecule has 0 saturated heterocycles. The minimum atomic E-state index is -0.638. The maximum atomic E-state index is 13.7. The second-order valence-corrected chi connectivity index (χ2v) is 3.45. The predicted octanol–water partition coefficient (Wildman–Crippen LogP) is 1.92. The fraction of sp³-hybridized carbons (Fsp3) is 0.400. The van der Waals surface area contributed by atoms with Crippen molar-refractivity contribution in [3.63, 3.8) is 0 Å². The molecule has 1 heterocycles. The van der Waals surface area contributed by atoms with Gasteiger partial charge in [-0.3, -0.25) is 0 Å². The van der Waals surface area contributed by atoms with Crippen molar-refractivity contribution >= 4 is 0 Å². The first-order chi connectivity index (χ1) is 6.61. The second kappa shape index (κ2) is 3.20. The van der Waals surface area contributed by atoms with Gasteiger partial charge in [0.15, 0.2) is 0 Å². The number of rotatable bonds is 1. The predicted molar refractivity (Wildman–Crippen MR) is 48.2 cm³/mol. The summed E-state index contributed by atoms with van der Waals surface area (Å²) in [5.41, 5.74) is 5.88. The van der Waals surface area contributed by atoms with E-state index < -0.39 is 17.7 Å². The van der Waals surface area contributed by atoms with Crippen LogP contribution in [0.2, 0.25) is 0 Å². The minimum Gasteiger partial charge on any atom is -0.493 e. The molecule has 4 heteroatoms. The molecule has 2 rings (SSSR count). The Labute approximate surface area is 80.7 Å². The molecule has 1 aromatic carbocycles. The lowest BCUT2D eigenvalue weighted by molar-refractivity contribution is 0.355. The van der Waals surface area contributed by atoms with Gasteiger partial charge in [-0.15, -0.1) is 0 Å². The molecule has 1 aliphatic rings. The standard InChI is InChI=1S/C10H11F2NO/c1-5(13)9-7(11)4-8-6(10(9)12)2-3-14-8/h4-5H,2-3,13H2,1H3. The lowest BCUT2D eigenvalue weighted by Crippen LogP contribution is -2.11. The fourth-order valence-electron chi connectivity index (χ4n) is 1.70. The summed E-state index contributed by atoms with van der Waals surface area (Å²) in [6, 6.07) is 0.574. The van der Waals surface area contributed by atoms with Crippen LogP contribution < -0.4 is 10.5 Å². The highest BCUT2D eigenvalue weighted by Gasteiger charge is 2.24. The van der Waals surface area contributed by atoms with E-state index in [-0.39, 0.29) is 5.56 Å². The summed E-state index contributed by atoms with van der Waals surface area (Å²) < 4.78 is 32.1. The molecule has 0 radical (unpaired) electrons. The van der Waals surface area contributed by atoms with Crippen molar-refractivity contribution in [3.8, 4) is 5.75 Å². The molecule has 1 atom stereocenters. The SMILES string of the molecule is CC(N)c1c(F)cc2c(c1F)CCO2. The largest absolute Gasteiger partial charge is 0.493 e. The third-order valence-electron chi connectivity index (χ3n) is 2.38. The maximum Gasteiger partial charge on any atom is 0.137 e. The molecule has 2 N–H and O–H groups in total. The van der Waals surface area contributed by atoms with Crippen LogP contribution in [0, 0.1) is 11.6 Å². The summed E-state index contributed by atoms with van der Waals surface area (Å²) >= 11 is 0. The molecule has 0 aromatic heterocycles. The van der Waals surface area contributed by atoms with Gasteiger partial charge in [-0.1, -0.05) is 0 Å². The van der Waals surface area contributed by atoms with E-state index in [0.29, 0.717) is 24.3 Å². The Morgan fingerprint density at radius 3 is 2.86 bits per heavy atom. The van der Waals surface area contributed by atoms with Crippen LogP contribution in [0.25, 0.3) is 0 Å². The molecule has 0 bridgehead atoms. The van der Waals surface area contributed by atoms with Gasteiger partial charge >= 0.3 is 0 Å². The van der Waals surface area contributed by atoms with Gasteiger partial charge in [0, 0.05) is 29.7 Å². The molecular weight excluding hydrogens is 188 g/mol. The summed E-state index contributed by atoms with van der Waals surface area (Å²) in [7, 11) is 0. The van der Waals surface area contributed by atoms with Crippen LogP contribution in [0.3, 0.4) is 0 Å². The van der Waals surface area contributed by atoms with Crippen molar-refractivity contribution in [1.82, 2.24) is 0 Å². The van der Waals surface area contributed by atoms with E-state index in [1.54, 1.807) is 6.92 Å². The second-order valence-electron chi connectivity index (χ2n) is 3.45. The maximum absolute atomic E-state index is 13.7. The van der Waals surface area contributed by atoms with E-state index >= 15 is 0 Å². The number of hydrogen-bond acceptors (Lipinski definition) is 2. The van der Waals surface area contributed by atoms with Gasteiger partial charge in [0.05, 0.1) is 6.61 Å². The summed E-state index contributed by atoms with van der Waals surface area (Å²) in [5, 5.41) is 0. The molecule has 1 unspecified atom stereocenters. The Balaban J connectivity index is 2.62. The number of nitrogens with two attached hydrogens (primary N) is 1. The van der Waals surface area contributed by atoms with Crippen molar-refractivity contribution in [2.45, 2.75) is 19.4 Å². The molecular formula is C10H11F2NO. The van der Waals surface area contributed by atoms with Crippen LogP contribution in [-0.4, -0.2) is 6.61 Å². The molecule has 2 nitrogen and oxygen atoms in total. The topological polar surface area (TPSA) is 35.2 Å². The fourth-order valence-corrected chi connectivity index (χ4v) is 1.70. The van der Waals surface area contributed by atoms with E-state index in [0.717, 1.165) is 0 Å². The minimum absolute atomic E-state index is 0.0470. The average molecular weight is 199 g/mol. The summed E-state index contributed by atoms with van der Waals surface area (Å²) in [6.45, 7) is 1.97. The van der Waals surface area contributed by atoms with Crippen molar-refractivity contribution in [2.75, 3.05) is 6.61 Å². The van der Waals surface area contributed by atoms with Gasteiger partial charge in [-0.2, -0.15) is 0 Å². The number of fused-ring (bicyclic) bond motifs is 1. The van der Waals surface area contributed by atoms with Gasteiger partial charge in [0.1, 0.15) is 17.4 Å². The first-order valence-corrected chi connectivity index (χ1v) is 4.50. The third kappa shape index (κ3) is 1.26. The van der Waals surface area contributed by atoms with Crippen molar-refractivity contribution < 1.29 is 13.5 Å². The first kappa shape index (κ1) is 9.40. The molecule has 1 aliphatic heterocycles. The van der Waals surface area contributed by atoms with Gasteiger partial charge in [0.2, 0.25) is 0 Å². The van der Waals surface area contributed by atoms with Crippen LogP contribution in [0.5, 0.6) is 5.75 Å². The van der Waals surface area contributed by atoms with Crippen LogP contribution in [-0.2, 0) is 6.42 Å². The molecule has 0 fully saturated rings. The van der Waals surface area contributed by atoms with E-state index in [1.165, 1.54) is 6.07 Å². The molecule has 0 aliphatic carbocycles. The molecule has 1 aromatic rings. The number of benzene rings is 1. The monoisotopic (exact) mass is 199 g/mol. The zero-order valence-electron chi connectivity index (χ0n) is 7.81. The Morgan fingerprint density at radius 2 is 2.21 bits per heavy atom. The summed E-state index contributed by atoms with van der Waals surface area (Å²) in [4.78, 5) is 0. The van der Waals surface area contributed by atoms with Crippen LogP contribution in [0.4, 0.5) is 8.78 Å². The van der Waals surface area contributed by atoms with Crippen molar-refractivity contribution in [2.24, 2.45) is 5.73 Å². The van der Waals surface area contributed by atoms with Crippen molar-refractivity contribution in [1.29, 1.82) is 0 Å². The Kier molecular flexibility index (Phi) is 2.15. The van der Waals surface area contributed by atoms with Crippen LogP contribution in [0.1, 0.15) is 24.1 Å². The first-order valence-electron chi connectivity index (χ1n) is 4.50. The number of halogens is 2. The van der Waals surface area contributed by atoms with Crippen molar-refractivity contribution in [3.05, 3.63) is 28.8 Å². The third-order valence-corrected chi connectivity index (χ3v) is 2.38. The van der Waals surface area contributed by atoms with E-state index in [9.17, 15) is 8.78 Å². The zero-order chi connectivity index (χ0) is 10.3. The quantitative estimate of drug-likeness (QED) is 0.749. The van der Waals surface area contributed by atoms with Crippen LogP contribution >= 0.6 is 0 Å². The highest BCUT2D eigenvalue weighted by Crippen LogP contribution is 2.33. The van der Waals surface area contributed by atoms with E-state index in [4.69, 9.17) is 10.5 Å². The molecule has 76 valence electrons. The van der Waals surface area contributed by atoms with E-state index in [1.807, 2.05) is 0 Å². The Morgan fingerprint density at radius 1 is 1.50 bits per heavy atom. The lowest BCUT2D eigenvalue weighted by atomic mass is 10.0. The number of ether oxygens (including phenoxy) is 1. The molecule has 0 amide bonds. The van der Waals surface area contributed by atoms with Crippen LogP contribution in [0.15, 0.2) is 6.07 Å². The lowest BCUT2D eigenvalue weighted by Gasteiger charge is -2.11. The highest BCUT2D eigenvalue weighted by molar-refractivity contribution is 5.43. The highest BCUT2D eigenvalue weighted by atomic mass is 19.1. The molecule has 0 saturated carbocycles. The van der Waals surface area contributed by atoms with Gasteiger partial charge < -0.3 is 10.5 Å². The molecule has 14 heavy (non-hydrogen) atoms. The number of hydrogen-bond donors (Lipinski definition) is 1.